The third kappa shape index (κ3) is 19.5. The van der Waals surface area contributed by atoms with Crippen molar-refractivity contribution in [2.45, 2.75) is 116 Å². The maximum Gasteiger partial charge on any atom is 0.407 e. The van der Waals surface area contributed by atoms with Gasteiger partial charge in [-0.1, -0.05) is 90.1 Å². The van der Waals surface area contributed by atoms with Crippen molar-refractivity contribution < 1.29 is 67.3 Å². The topological polar surface area (TPSA) is 375 Å². The summed E-state index contributed by atoms with van der Waals surface area (Å²) >= 11 is 0. The summed E-state index contributed by atoms with van der Waals surface area (Å²) in [7, 11) is 0. The summed E-state index contributed by atoms with van der Waals surface area (Å²) in [6, 6.07) is 7.87. The van der Waals surface area contributed by atoms with E-state index in [0.717, 1.165) is 22.3 Å². The lowest BCUT2D eigenvalue weighted by molar-refractivity contribution is -0.146. The number of rotatable bonds is 29. The van der Waals surface area contributed by atoms with Crippen LogP contribution in [0.25, 0.3) is 11.1 Å². The van der Waals surface area contributed by atoms with Gasteiger partial charge >= 0.3 is 18.0 Å². The van der Waals surface area contributed by atoms with E-state index in [1.54, 1.807) is 41.5 Å². The number of amides is 9. The number of aliphatic carboxylic acids is 1. The molecule has 0 bridgehead atoms. The first kappa shape index (κ1) is 59.7. The molecule has 2 aromatic carbocycles. The SMILES string of the molecule is CC(C)C[C@H](NC(=O)[C@H](CCC(=O)OCCC(=O)NC[C@H](N)C(=O)N[C@@H](C)C(=O)NCC(=O)NCC(N)=O)NC(=O)[C@@H](NC(=O)[C@@H](NC(=O)OCC1c2ccccc2-c2ccccc21)C(C)C)C(C)C)C(=O)O. The second-order valence-corrected chi connectivity index (χ2v) is 18.6. The number of fused-ring (bicyclic) bond motifs is 3. The zero-order valence-electron chi connectivity index (χ0n) is 42.2. The zero-order valence-corrected chi connectivity index (χ0v) is 42.2. The molecule has 13 N–H and O–H groups in total. The van der Waals surface area contributed by atoms with E-state index in [2.05, 4.69) is 42.5 Å². The number of carbonyl (C=O) groups excluding carboxylic acids is 10. The monoisotopic (exact) mass is 1020 g/mol. The van der Waals surface area contributed by atoms with Crippen molar-refractivity contribution in [3.05, 3.63) is 59.7 Å². The summed E-state index contributed by atoms with van der Waals surface area (Å²) in [6.07, 6.45) is -2.08. The fraction of sp³-hybridized carbons (Fsp3) is 0.531. The molecule has 400 valence electrons. The number of ether oxygens (including phenoxy) is 2. The Labute approximate surface area is 423 Å². The van der Waals surface area contributed by atoms with Crippen molar-refractivity contribution in [1.82, 2.24) is 42.5 Å². The predicted octanol–water partition coefficient (Wildman–Crippen LogP) is -0.830. The molecule has 0 unspecified atom stereocenters. The van der Waals surface area contributed by atoms with Crippen LogP contribution in [0.2, 0.25) is 0 Å². The smallest absolute Gasteiger partial charge is 0.407 e. The van der Waals surface area contributed by atoms with Crippen LogP contribution in [0.4, 0.5) is 4.79 Å². The molecule has 2 aromatic rings. The largest absolute Gasteiger partial charge is 0.480 e. The molecule has 24 nitrogen and oxygen atoms in total. The van der Waals surface area contributed by atoms with Gasteiger partial charge in [0.15, 0.2) is 0 Å². The second-order valence-electron chi connectivity index (χ2n) is 18.6. The molecule has 0 heterocycles. The highest BCUT2D eigenvalue weighted by atomic mass is 16.5. The first-order valence-corrected chi connectivity index (χ1v) is 24.0. The number of hydrogen-bond donors (Lipinski definition) is 11. The molecule has 0 fully saturated rings. The summed E-state index contributed by atoms with van der Waals surface area (Å²) in [5.41, 5.74) is 14.9. The Morgan fingerprint density at radius 3 is 1.73 bits per heavy atom. The minimum Gasteiger partial charge on any atom is -0.480 e. The number of hydrogen-bond acceptors (Lipinski definition) is 14. The second kappa shape index (κ2) is 29.0. The van der Waals surface area contributed by atoms with Crippen molar-refractivity contribution in [3.63, 3.8) is 0 Å². The van der Waals surface area contributed by atoms with Crippen molar-refractivity contribution >= 4 is 65.3 Å². The highest BCUT2D eigenvalue weighted by Crippen LogP contribution is 2.44. The maximum absolute atomic E-state index is 13.9. The van der Waals surface area contributed by atoms with Gasteiger partial charge in [-0.2, -0.15) is 0 Å². The van der Waals surface area contributed by atoms with Crippen molar-refractivity contribution in [2.75, 3.05) is 32.8 Å². The van der Waals surface area contributed by atoms with E-state index in [4.69, 9.17) is 20.9 Å². The Morgan fingerprint density at radius 1 is 0.603 bits per heavy atom. The zero-order chi connectivity index (χ0) is 54.5. The number of nitrogens with two attached hydrogens (primary N) is 2. The Bertz CT molecular complexity index is 2280. The normalized spacial score (nSPS) is 14.1. The molecule has 0 saturated carbocycles. The van der Waals surface area contributed by atoms with Crippen LogP contribution in [0.1, 0.15) is 91.2 Å². The molecule has 0 aromatic heterocycles. The van der Waals surface area contributed by atoms with E-state index in [-0.39, 0.29) is 37.8 Å². The van der Waals surface area contributed by atoms with E-state index in [1.165, 1.54) is 6.92 Å². The molecule has 73 heavy (non-hydrogen) atoms. The van der Waals surface area contributed by atoms with E-state index in [9.17, 15) is 57.8 Å². The summed E-state index contributed by atoms with van der Waals surface area (Å²) < 4.78 is 10.8. The number of carboxylic acid groups (broad SMARTS) is 1. The highest BCUT2D eigenvalue weighted by Gasteiger charge is 2.35. The predicted molar refractivity (Wildman–Crippen MR) is 263 cm³/mol. The van der Waals surface area contributed by atoms with Gasteiger partial charge in [0.05, 0.1) is 19.5 Å². The molecule has 0 spiro atoms. The van der Waals surface area contributed by atoms with Crippen molar-refractivity contribution in [1.29, 1.82) is 0 Å². The van der Waals surface area contributed by atoms with Crippen LogP contribution in [0.5, 0.6) is 0 Å². The van der Waals surface area contributed by atoms with Gasteiger partial charge in [-0.3, -0.25) is 43.2 Å². The first-order chi connectivity index (χ1) is 34.4. The minimum absolute atomic E-state index is 0.00649. The number of nitrogens with one attached hydrogen (secondary N) is 8. The molecular weight excluding hydrogens is 953 g/mol. The van der Waals surface area contributed by atoms with Crippen LogP contribution >= 0.6 is 0 Å². The van der Waals surface area contributed by atoms with Crippen LogP contribution in [0, 0.1) is 17.8 Å². The number of benzene rings is 2. The van der Waals surface area contributed by atoms with Crippen LogP contribution < -0.4 is 54.0 Å². The average Bonchev–Trinajstić information content (AvgIpc) is 3.65. The van der Waals surface area contributed by atoms with Gasteiger partial charge in [0, 0.05) is 18.9 Å². The Morgan fingerprint density at radius 2 is 1.16 bits per heavy atom. The summed E-state index contributed by atoms with van der Waals surface area (Å²) in [5, 5.41) is 29.2. The molecule has 6 atom stereocenters. The number of carbonyl (C=O) groups is 11. The molecule has 0 aliphatic heterocycles. The van der Waals surface area contributed by atoms with Gasteiger partial charge in [-0.25, -0.2) is 9.59 Å². The Kier molecular flexibility index (Phi) is 23.7. The maximum atomic E-state index is 13.9. The molecular formula is C49H70N10O14. The van der Waals surface area contributed by atoms with Crippen LogP contribution in [-0.4, -0.2) is 139 Å². The molecule has 3 rings (SSSR count). The molecule has 0 saturated heterocycles. The highest BCUT2D eigenvalue weighted by molar-refractivity contribution is 5.96. The molecule has 0 radical (unpaired) electrons. The van der Waals surface area contributed by atoms with E-state index < -0.39 is 146 Å². The number of carboxylic acids is 1. The number of esters is 1. The third-order valence-corrected chi connectivity index (χ3v) is 11.5. The Balaban J connectivity index is 1.57. The lowest BCUT2D eigenvalue weighted by atomic mass is 9.98. The first-order valence-electron chi connectivity index (χ1n) is 24.0. The van der Waals surface area contributed by atoms with Crippen LogP contribution in [-0.2, 0) is 57.4 Å². The molecule has 1 aliphatic carbocycles. The van der Waals surface area contributed by atoms with Gasteiger partial charge in [0.2, 0.25) is 47.3 Å². The standard InChI is InChI=1S/C49H70N10O14/c1-25(2)20-36(48(69)70)57-45(66)35(16-17-40(63)72-19-18-38(61)52-21-34(50)44(65)55-28(7)43(64)54-23-39(62)53-22-37(51)60)56-46(67)41(26(3)4)58-47(68)42(27(5)6)59-49(71)73-24-33-31-14-10-8-12-29(31)30-13-9-11-15-32(30)33/h8-15,25-28,33-36,41-42H,16-24,50H2,1-7H3,(H2,51,60)(H,52,61)(H,53,62)(H,54,64)(H,55,65)(H,56,67)(H,57,66)(H,58,68)(H,59,71)(H,69,70)/t28-,34-,35-,36-,41-,42-/m0/s1. The average molecular weight is 1020 g/mol. The van der Waals surface area contributed by atoms with Gasteiger partial charge in [0.25, 0.3) is 0 Å². The van der Waals surface area contributed by atoms with E-state index in [0.29, 0.717) is 0 Å². The lowest BCUT2D eigenvalue weighted by Crippen LogP contribution is -2.59. The third-order valence-electron chi connectivity index (χ3n) is 11.5. The quantitative estimate of drug-likeness (QED) is 0.0443. The fourth-order valence-corrected chi connectivity index (χ4v) is 7.53. The van der Waals surface area contributed by atoms with Gasteiger partial charge in [-0.15, -0.1) is 0 Å². The fourth-order valence-electron chi connectivity index (χ4n) is 7.53. The molecule has 1 aliphatic rings. The number of alkyl carbamates (subject to hydrolysis) is 1. The molecule has 9 amide bonds. The molecule has 24 heteroatoms. The van der Waals surface area contributed by atoms with Gasteiger partial charge < -0.3 is 68.6 Å². The Hall–Kier alpha value is -7.63. The van der Waals surface area contributed by atoms with E-state index in [1.807, 2.05) is 48.5 Å². The summed E-state index contributed by atoms with van der Waals surface area (Å²) in [6.45, 7) is 9.72. The van der Waals surface area contributed by atoms with Crippen molar-refractivity contribution in [2.24, 2.45) is 29.2 Å². The summed E-state index contributed by atoms with van der Waals surface area (Å²) in [4.78, 5) is 139. The minimum atomic E-state index is -1.51. The van der Waals surface area contributed by atoms with E-state index >= 15 is 0 Å². The van der Waals surface area contributed by atoms with Crippen LogP contribution in [0.3, 0.4) is 0 Å². The van der Waals surface area contributed by atoms with Crippen molar-refractivity contribution in [3.8, 4) is 11.1 Å². The van der Waals surface area contributed by atoms with Crippen LogP contribution in [0.15, 0.2) is 48.5 Å². The van der Waals surface area contributed by atoms with Gasteiger partial charge in [0.1, 0.15) is 49.5 Å². The lowest BCUT2D eigenvalue weighted by Gasteiger charge is -2.29. The van der Waals surface area contributed by atoms with Gasteiger partial charge in [-0.05, 0) is 59.8 Å². The summed E-state index contributed by atoms with van der Waals surface area (Å²) in [5.74, 6) is -9.88. The number of primary amides is 1.